The average molecular weight is 825 g/mol. The highest BCUT2D eigenvalue weighted by atomic mass is 32.2. The van der Waals surface area contributed by atoms with Gasteiger partial charge in [0.15, 0.2) is 0 Å². The maximum Gasteiger partial charge on any atom is 0.407 e. The van der Waals surface area contributed by atoms with Crippen LogP contribution in [0.4, 0.5) is 29.2 Å². The molecule has 0 saturated heterocycles. The number of aromatic nitrogens is 2. The van der Waals surface area contributed by atoms with E-state index in [0.717, 1.165) is 47.5 Å². The van der Waals surface area contributed by atoms with Crippen molar-refractivity contribution in [3.05, 3.63) is 53.9 Å². The topological polar surface area (TPSA) is 170 Å². The van der Waals surface area contributed by atoms with Gasteiger partial charge in [-0.25, -0.2) is 36.1 Å². The van der Waals surface area contributed by atoms with Gasteiger partial charge in [-0.3, -0.25) is 0 Å². The lowest BCUT2D eigenvalue weighted by molar-refractivity contribution is 0.0404. The van der Waals surface area contributed by atoms with Gasteiger partial charge in [-0.1, -0.05) is 6.42 Å². The third-order valence-corrected chi connectivity index (χ3v) is 12.0. The van der Waals surface area contributed by atoms with E-state index in [4.69, 9.17) is 18.9 Å². The Bertz CT molecular complexity index is 1920. The van der Waals surface area contributed by atoms with E-state index >= 15 is 8.78 Å². The molecule has 4 rings (SSSR count). The van der Waals surface area contributed by atoms with Crippen molar-refractivity contribution in [3.8, 4) is 11.5 Å². The van der Waals surface area contributed by atoms with Gasteiger partial charge in [-0.15, -0.1) is 0 Å². The number of rotatable bonds is 17. The number of carbonyl (C=O) groups excluding carboxylic acids is 2. The van der Waals surface area contributed by atoms with E-state index in [1.165, 1.54) is 14.2 Å². The fourth-order valence-electron chi connectivity index (χ4n) is 6.46. The zero-order valence-corrected chi connectivity index (χ0v) is 35.1. The van der Waals surface area contributed by atoms with Gasteiger partial charge >= 0.3 is 12.2 Å². The average Bonchev–Trinajstić information content (AvgIpc) is 3.61. The summed E-state index contributed by atoms with van der Waals surface area (Å²) >= 11 is 0.772. The SMILES string of the molecule is COc1ccc(CN(c2ncns2)S(=O)(=O)c2cc(F)c(NC[C@H](CC3(CCNC(=O)OC(C)(C)C)CCC3)[C@@H](C)NC(=O)OC(C)(C)C)cc2F)c(OC)c1. The summed E-state index contributed by atoms with van der Waals surface area (Å²) in [6.07, 6.45) is 3.99. The molecule has 310 valence electrons. The van der Waals surface area contributed by atoms with Gasteiger partial charge in [0.05, 0.1) is 26.5 Å². The Balaban J connectivity index is 1.57. The summed E-state index contributed by atoms with van der Waals surface area (Å²) in [5, 5.41) is 8.62. The second kappa shape index (κ2) is 18.2. The maximum atomic E-state index is 16.0. The number of carbonyl (C=O) groups is 2. The molecule has 0 bridgehead atoms. The minimum Gasteiger partial charge on any atom is -0.497 e. The molecule has 1 aliphatic rings. The summed E-state index contributed by atoms with van der Waals surface area (Å²) in [5.74, 6) is -1.72. The van der Waals surface area contributed by atoms with Crippen molar-refractivity contribution in [1.82, 2.24) is 20.0 Å². The monoisotopic (exact) mass is 824 g/mol. The molecule has 1 saturated carbocycles. The summed E-state index contributed by atoms with van der Waals surface area (Å²) in [5.41, 5.74) is -1.41. The number of anilines is 2. The van der Waals surface area contributed by atoms with E-state index < -0.39 is 56.0 Å². The molecule has 1 aromatic heterocycles. The number of hydrogen-bond donors (Lipinski definition) is 3. The lowest BCUT2D eigenvalue weighted by atomic mass is 9.61. The summed E-state index contributed by atoms with van der Waals surface area (Å²) in [6.45, 7) is 12.6. The van der Waals surface area contributed by atoms with Crippen molar-refractivity contribution in [2.45, 2.75) is 109 Å². The van der Waals surface area contributed by atoms with Gasteiger partial charge in [0.2, 0.25) is 5.13 Å². The Morgan fingerprint density at radius 2 is 1.66 bits per heavy atom. The molecule has 2 aromatic carbocycles. The fraction of sp³-hybridized carbons (Fsp3) is 0.579. The molecule has 3 aromatic rings. The van der Waals surface area contributed by atoms with Crippen molar-refractivity contribution >= 4 is 44.6 Å². The lowest BCUT2D eigenvalue weighted by Gasteiger charge is -2.45. The van der Waals surface area contributed by atoms with E-state index in [-0.39, 0.29) is 35.2 Å². The molecule has 0 unspecified atom stereocenters. The molecule has 1 aliphatic carbocycles. The molecule has 2 atom stereocenters. The molecule has 56 heavy (non-hydrogen) atoms. The third-order valence-electron chi connectivity index (χ3n) is 9.40. The first kappa shape index (κ1) is 44.3. The Hall–Kier alpha value is -4.45. The first-order valence-electron chi connectivity index (χ1n) is 18.3. The molecule has 2 amide bonds. The summed E-state index contributed by atoms with van der Waals surface area (Å²) in [7, 11) is -1.85. The Labute approximate surface area is 332 Å². The molecule has 0 aliphatic heterocycles. The van der Waals surface area contributed by atoms with Crippen LogP contribution in [-0.2, 0) is 26.0 Å². The Morgan fingerprint density at radius 1 is 0.982 bits per heavy atom. The highest BCUT2D eigenvalue weighted by Crippen LogP contribution is 2.49. The van der Waals surface area contributed by atoms with Gasteiger partial charge in [-0.2, -0.15) is 4.37 Å². The zero-order valence-electron chi connectivity index (χ0n) is 33.5. The Kier molecular flexibility index (Phi) is 14.4. The number of sulfonamides is 1. The van der Waals surface area contributed by atoms with Crippen LogP contribution in [0, 0.1) is 23.0 Å². The van der Waals surface area contributed by atoms with Crippen LogP contribution in [0.15, 0.2) is 41.6 Å². The number of ether oxygens (including phenoxy) is 4. The van der Waals surface area contributed by atoms with Crippen LogP contribution < -0.4 is 29.7 Å². The number of methoxy groups -OCH3 is 2. The molecule has 1 fully saturated rings. The van der Waals surface area contributed by atoms with Gasteiger partial charge in [0.1, 0.15) is 45.6 Å². The minimum absolute atomic E-state index is 0.0644. The molecule has 18 heteroatoms. The van der Waals surface area contributed by atoms with Crippen molar-refractivity contribution in [3.63, 3.8) is 0 Å². The van der Waals surface area contributed by atoms with Crippen LogP contribution in [-0.4, -0.2) is 74.5 Å². The fourth-order valence-corrected chi connectivity index (χ4v) is 8.65. The Morgan fingerprint density at radius 3 is 2.23 bits per heavy atom. The predicted molar refractivity (Wildman–Crippen MR) is 210 cm³/mol. The standard InChI is InChI=1S/C38H54F2N6O8S2/c1-24(45-35(48)54-37(5,6)7)26(20-38(13-10-14-38)15-16-41-34(47)53-36(2,3)4)21-42-30-18-29(40)32(19-28(30)39)56(49,50)46(33-43-23-44-55-33)22-25-11-12-27(51-8)17-31(25)52-9/h11-12,17-19,23-24,26,42H,10,13-16,20-22H2,1-9H3,(H,41,47)(H,45,48)/t24-,26+/m1/s1. The van der Waals surface area contributed by atoms with E-state index in [0.29, 0.717) is 42.5 Å². The summed E-state index contributed by atoms with van der Waals surface area (Å²) in [6, 6.07) is 5.77. The number of nitrogens with zero attached hydrogens (tertiary/aromatic N) is 3. The predicted octanol–water partition coefficient (Wildman–Crippen LogP) is 7.65. The van der Waals surface area contributed by atoms with E-state index in [2.05, 4.69) is 25.3 Å². The normalized spacial score (nSPS) is 15.1. The lowest BCUT2D eigenvalue weighted by Crippen LogP contribution is -2.46. The van der Waals surface area contributed by atoms with Crippen LogP contribution in [0.5, 0.6) is 11.5 Å². The largest absolute Gasteiger partial charge is 0.497 e. The van der Waals surface area contributed by atoms with Crippen molar-refractivity contribution < 1.29 is 45.7 Å². The zero-order chi connectivity index (χ0) is 41.5. The first-order valence-corrected chi connectivity index (χ1v) is 20.6. The second-order valence-corrected chi connectivity index (χ2v) is 18.6. The molecule has 1 heterocycles. The molecular formula is C38H54F2N6O8S2. The smallest absolute Gasteiger partial charge is 0.407 e. The van der Waals surface area contributed by atoms with Crippen LogP contribution in [0.1, 0.15) is 86.1 Å². The molecule has 14 nitrogen and oxygen atoms in total. The second-order valence-electron chi connectivity index (χ2n) is 16.0. The number of amides is 2. The summed E-state index contributed by atoms with van der Waals surface area (Å²) < 4.78 is 86.3. The van der Waals surface area contributed by atoms with Crippen LogP contribution in [0.25, 0.3) is 0 Å². The van der Waals surface area contributed by atoms with E-state index in [1.807, 2.05) is 6.92 Å². The number of nitrogens with one attached hydrogen (secondary N) is 3. The minimum atomic E-state index is -4.74. The van der Waals surface area contributed by atoms with Crippen molar-refractivity contribution in [1.29, 1.82) is 0 Å². The number of benzene rings is 2. The molecule has 0 spiro atoms. The van der Waals surface area contributed by atoms with E-state index in [1.54, 1.807) is 59.7 Å². The molecule has 0 radical (unpaired) electrons. The van der Waals surface area contributed by atoms with Crippen molar-refractivity contribution in [2.24, 2.45) is 11.3 Å². The highest BCUT2D eigenvalue weighted by Gasteiger charge is 2.40. The van der Waals surface area contributed by atoms with Gasteiger partial charge in [-0.05, 0) is 104 Å². The number of hydrogen-bond acceptors (Lipinski definition) is 12. The number of halogens is 2. The van der Waals surface area contributed by atoms with Gasteiger partial charge in [0, 0.05) is 48.4 Å². The highest BCUT2D eigenvalue weighted by molar-refractivity contribution is 7.93. The van der Waals surface area contributed by atoms with Gasteiger partial charge in [0.25, 0.3) is 10.0 Å². The van der Waals surface area contributed by atoms with Crippen molar-refractivity contribution in [2.75, 3.05) is 36.9 Å². The van der Waals surface area contributed by atoms with E-state index in [9.17, 15) is 18.0 Å². The third kappa shape index (κ3) is 12.0. The number of alkyl carbamates (subject to hydrolysis) is 2. The van der Waals surface area contributed by atoms with Gasteiger partial charge < -0.3 is 34.9 Å². The van der Waals surface area contributed by atoms with Crippen LogP contribution in [0.3, 0.4) is 0 Å². The van der Waals surface area contributed by atoms with Crippen LogP contribution in [0.2, 0.25) is 0 Å². The quantitative estimate of drug-likeness (QED) is 0.122. The first-order chi connectivity index (χ1) is 26.1. The molecular weight excluding hydrogens is 771 g/mol. The van der Waals surface area contributed by atoms with Crippen LogP contribution >= 0.6 is 11.5 Å². The maximum absolute atomic E-state index is 16.0. The molecule has 3 N–H and O–H groups in total. The summed E-state index contributed by atoms with van der Waals surface area (Å²) in [4.78, 5) is 28.3.